The van der Waals surface area contributed by atoms with Gasteiger partial charge in [-0.2, -0.15) is 0 Å². The van der Waals surface area contributed by atoms with Crippen LogP contribution in [0.4, 0.5) is 0 Å². The van der Waals surface area contributed by atoms with Crippen LogP contribution in [0.15, 0.2) is 12.3 Å². The lowest BCUT2D eigenvalue weighted by Crippen LogP contribution is -2.51. The standard InChI is InChI=1S/C11H9Cl2N5O3/c12-6-1-7(14-9(6)13)10(19)17-2-5(3-17)18-4-8(11(20)21)15-16-18/h1,4-5,14H,2-3H2,(H,20,21). The monoisotopic (exact) mass is 329 g/mol. The Morgan fingerprint density at radius 2 is 2.10 bits per heavy atom. The smallest absolute Gasteiger partial charge is 0.358 e. The van der Waals surface area contributed by atoms with Crippen molar-refractivity contribution in [2.75, 3.05) is 13.1 Å². The van der Waals surface area contributed by atoms with Gasteiger partial charge in [-0.25, -0.2) is 9.48 Å². The van der Waals surface area contributed by atoms with Gasteiger partial charge in [0.1, 0.15) is 10.8 Å². The second kappa shape index (κ2) is 5.05. The maximum Gasteiger partial charge on any atom is 0.358 e. The molecule has 0 aliphatic carbocycles. The summed E-state index contributed by atoms with van der Waals surface area (Å²) in [6, 6.07) is 1.38. The molecule has 2 aromatic rings. The average Bonchev–Trinajstić information content (AvgIpc) is 2.96. The van der Waals surface area contributed by atoms with Gasteiger partial charge in [-0.05, 0) is 6.07 Å². The summed E-state index contributed by atoms with van der Waals surface area (Å²) in [4.78, 5) is 27.1. The van der Waals surface area contributed by atoms with Crippen LogP contribution in [0.5, 0.6) is 0 Å². The number of carboxylic acids is 1. The van der Waals surface area contributed by atoms with E-state index in [1.807, 2.05) is 0 Å². The number of carbonyl (C=O) groups is 2. The molecule has 10 heteroatoms. The largest absolute Gasteiger partial charge is 0.476 e. The number of H-pyrrole nitrogens is 1. The van der Waals surface area contributed by atoms with E-state index in [1.54, 1.807) is 4.90 Å². The summed E-state index contributed by atoms with van der Waals surface area (Å²) in [6.07, 6.45) is 1.34. The maximum absolute atomic E-state index is 12.1. The van der Waals surface area contributed by atoms with Crippen LogP contribution in [-0.2, 0) is 0 Å². The minimum Gasteiger partial charge on any atom is -0.476 e. The number of halogens is 2. The predicted molar refractivity (Wildman–Crippen MR) is 72.7 cm³/mol. The van der Waals surface area contributed by atoms with Crippen molar-refractivity contribution in [2.24, 2.45) is 0 Å². The molecule has 0 saturated carbocycles. The first-order valence-corrected chi connectivity index (χ1v) is 6.69. The molecule has 0 radical (unpaired) electrons. The number of rotatable bonds is 3. The van der Waals surface area contributed by atoms with Crippen LogP contribution < -0.4 is 0 Å². The number of hydrogen-bond donors (Lipinski definition) is 2. The highest BCUT2D eigenvalue weighted by Gasteiger charge is 2.34. The van der Waals surface area contributed by atoms with E-state index in [0.29, 0.717) is 23.8 Å². The van der Waals surface area contributed by atoms with Crippen LogP contribution in [-0.4, -0.2) is 55.0 Å². The molecule has 3 heterocycles. The molecule has 2 N–H and O–H groups in total. The lowest BCUT2D eigenvalue weighted by atomic mass is 10.1. The molecule has 1 aliphatic heterocycles. The Morgan fingerprint density at radius 3 is 2.62 bits per heavy atom. The molecule has 1 aliphatic rings. The number of aromatic nitrogens is 4. The number of amides is 1. The van der Waals surface area contributed by atoms with Crippen molar-refractivity contribution in [3.05, 3.63) is 33.8 Å². The molecule has 0 aromatic carbocycles. The topological polar surface area (TPSA) is 104 Å². The second-order valence-corrected chi connectivity index (χ2v) is 5.38. The van der Waals surface area contributed by atoms with Crippen LogP contribution in [0.2, 0.25) is 10.2 Å². The molecule has 1 saturated heterocycles. The van der Waals surface area contributed by atoms with E-state index >= 15 is 0 Å². The van der Waals surface area contributed by atoms with Gasteiger partial charge >= 0.3 is 5.97 Å². The van der Waals surface area contributed by atoms with E-state index in [9.17, 15) is 9.59 Å². The van der Waals surface area contributed by atoms with E-state index in [2.05, 4.69) is 15.3 Å². The third-order valence-corrected chi connectivity index (χ3v) is 3.90. The molecule has 0 bridgehead atoms. The Kier molecular flexibility index (Phi) is 3.34. The van der Waals surface area contributed by atoms with Crippen molar-refractivity contribution < 1.29 is 14.7 Å². The normalized spacial score (nSPS) is 15.0. The number of aromatic amines is 1. The highest BCUT2D eigenvalue weighted by molar-refractivity contribution is 6.41. The molecule has 0 atom stereocenters. The van der Waals surface area contributed by atoms with Gasteiger partial charge in [0, 0.05) is 13.1 Å². The van der Waals surface area contributed by atoms with Gasteiger partial charge in [0.15, 0.2) is 5.69 Å². The minimum absolute atomic E-state index is 0.0875. The third-order valence-electron chi connectivity index (χ3n) is 3.21. The van der Waals surface area contributed by atoms with Crippen LogP contribution in [0.3, 0.4) is 0 Å². The summed E-state index contributed by atoms with van der Waals surface area (Å²) >= 11 is 11.5. The van der Waals surface area contributed by atoms with E-state index in [0.717, 1.165) is 0 Å². The summed E-state index contributed by atoms with van der Waals surface area (Å²) in [7, 11) is 0. The van der Waals surface area contributed by atoms with Gasteiger partial charge in [-0.3, -0.25) is 4.79 Å². The summed E-state index contributed by atoms with van der Waals surface area (Å²) < 4.78 is 1.45. The lowest BCUT2D eigenvalue weighted by molar-refractivity contribution is 0.0492. The highest BCUT2D eigenvalue weighted by atomic mass is 35.5. The van der Waals surface area contributed by atoms with Gasteiger partial charge in [-0.15, -0.1) is 5.10 Å². The molecule has 0 unspecified atom stereocenters. The fourth-order valence-electron chi connectivity index (χ4n) is 2.03. The Balaban J connectivity index is 1.64. The fraction of sp³-hybridized carbons (Fsp3) is 0.273. The number of carbonyl (C=O) groups excluding carboxylic acids is 1. The summed E-state index contributed by atoms with van der Waals surface area (Å²) in [6.45, 7) is 0.824. The molecule has 110 valence electrons. The number of nitrogens with zero attached hydrogens (tertiary/aromatic N) is 4. The molecular weight excluding hydrogens is 321 g/mol. The van der Waals surface area contributed by atoms with Crippen molar-refractivity contribution in [1.29, 1.82) is 0 Å². The number of carboxylic acid groups (broad SMARTS) is 1. The molecule has 8 nitrogen and oxygen atoms in total. The van der Waals surface area contributed by atoms with E-state index in [1.165, 1.54) is 16.9 Å². The Bertz CT molecular complexity index is 700. The van der Waals surface area contributed by atoms with Gasteiger partial charge < -0.3 is 15.0 Å². The van der Waals surface area contributed by atoms with Crippen molar-refractivity contribution in [1.82, 2.24) is 24.9 Å². The van der Waals surface area contributed by atoms with E-state index < -0.39 is 5.97 Å². The predicted octanol–water partition coefficient (Wildman–Crippen LogP) is 1.31. The number of nitrogens with one attached hydrogen (secondary N) is 1. The van der Waals surface area contributed by atoms with Gasteiger partial charge in [0.2, 0.25) is 0 Å². The van der Waals surface area contributed by atoms with Crippen molar-refractivity contribution >= 4 is 35.1 Å². The molecular formula is C11H9Cl2N5O3. The zero-order valence-corrected chi connectivity index (χ0v) is 12.0. The number of likely N-dealkylation sites (tertiary alicyclic amines) is 1. The summed E-state index contributed by atoms with van der Waals surface area (Å²) in [5.74, 6) is -1.36. The zero-order valence-electron chi connectivity index (χ0n) is 10.5. The first-order valence-electron chi connectivity index (χ1n) is 5.94. The van der Waals surface area contributed by atoms with Crippen molar-refractivity contribution in [3.63, 3.8) is 0 Å². The van der Waals surface area contributed by atoms with E-state index in [4.69, 9.17) is 28.3 Å². The van der Waals surface area contributed by atoms with Crippen LogP contribution in [0, 0.1) is 0 Å². The average molecular weight is 330 g/mol. The summed E-state index contributed by atoms with van der Waals surface area (Å²) in [5.41, 5.74) is 0.191. The quantitative estimate of drug-likeness (QED) is 0.883. The molecule has 1 fully saturated rings. The SMILES string of the molecule is O=C(O)c1cn(C2CN(C(=O)c3cc(Cl)c(Cl)[nH]3)C2)nn1. The molecule has 3 rings (SSSR count). The Morgan fingerprint density at radius 1 is 1.38 bits per heavy atom. The Labute approximate surface area is 128 Å². The second-order valence-electron chi connectivity index (χ2n) is 4.60. The van der Waals surface area contributed by atoms with Gasteiger partial charge in [0.05, 0.1) is 17.3 Å². The first-order chi connectivity index (χ1) is 9.95. The maximum atomic E-state index is 12.1. The minimum atomic E-state index is -1.14. The fourth-order valence-corrected chi connectivity index (χ4v) is 2.34. The van der Waals surface area contributed by atoms with E-state index in [-0.39, 0.29) is 22.8 Å². The van der Waals surface area contributed by atoms with Crippen LogP contribution in [0.25, 0.3) is 0 Å². The lowest BCUT2D eigenvalue weighted by Gasteiger charge is -2.38. The van der Waals surface area contributed by atoms with Gasteiger partial charge in [-0.1, -0.05) is 28.4 Å². The first kappa shape index (κ1) is 13.9. The molecule has 21 heavy (non-hydrogen) atoms. The zero-order chi connectivity index (χ0) is 15.1. The molecule has 0 spiro atoms. The Hall–Kier alpha value is -2.06. The van der Waals surface area contributed by atoms with Crippen LogP contribution in [0.1, 0.15) is 27.0 Å². The van der Waals surface area contributed by atoms with Crippen molar-refractivity contribution in [3.8, 4) is 0 Å². The van der Waals surface area contributed by atoms with Gasteiger partial charge in [0.25, 0.3) is 5.91 Å². The molecule has 1 amide bonds. The number of hydrogen-bond acceptors (Lipinski definition) is 4. The third kappa shape index (κ3) is 2.47. The molecule has 2 aromatic heterocycles. The summed E-state index contributed by atoms with van der Waals surface area (Å²) in [5, 5.41) is 16.6. The van der Waals surface area contributed by atoms with Crippen molar-refractivity contribution in [2.45, 2.75) is 6.04 Å². The highest BCUT2D eigenvalue weighted by Crippen LogP contribution is 2.26. The van der Waals surface area contributed by atoms with Crippen LogP contribution >= 0.6 is 23.2 Å². The number of aromatic carboxylic acids is 1.